The van der Waals surface area contributed by atoms with Gasteiger partial charge in [-0.3, -0.25) is 9.48 Å². The molecule has 0 spiro atoms. The smallest absolute Gasteiger partial charge is 0.391 e. The summed E-state index contributed by atoms with van der Waals surface area (Å²) in [5.41, 5.74) is 1.66. The molecule has 178 valence electrons. The molecule has 0 fully saturated rings. The number of aliphatic hydroxyl groups excluding tert-OH is 1. The fourth-order valence-corrected chi connectivity index (χ4v) is 4.41. The third-order valence-electron chi connectivity index (χ3n) is 5.67. The number of fused-ring (bicyclic) bond motifs is 1. The topological polar surface area (TPSA) is 106 Å². The van der Waals surface area contributed by atoms with Crippen molar-refractivity contribution in [1.82, 2.24) is 14.7 Å². The summed E-state index contributed by atoms with van der Waals surface area (Å²) in [6.07, 6.45) is -5.72. The lowest BCUT2D eigenvalue weighted by molar-refractivity contribution is -0.145. The number of carbonyl (C=O) groups excluding carboxylic acids is 1. The normalized spacial score (nSPS) is 15.5. The second-order valence-electron chi connectivity index (χ2n) is 8.08. The first-order valence-electron chi connectivity index (χ1n) is 10.4. The highest BCUT2D eigenvalue weighted by atomic mass is 35.5. The molecule has 0 aliphatic carbocycles. The number of amides is 1. The minimum atomic E-state index is -4.51. The molecule has 1 N–H and O–H groups in total. The standard InChI is InChI=1S/C24H17ClF3N5O2/c25-18-5-16(10-30)22(17(6-18)13-34)20-7-21-23(35)32(11-15-3-1-14(9-29)2-4-15)12-19(33(21)31-20)8-24(26,27)28/h1-7,19,34H,8,11-13H2. The van der Waals surface area contributed by atoms with Gasteiger partial charge < -0.3 is 10.0 Å². The number of hydrogen-bond acceptors (Lipinski definition) is 5. The summed E-state index contributed by atoms with van der Waals surface area (Å²) < 4.78 is 41.3. The number of aliphatic hydroxyl groups is 1. The lowest BCUT2D eigenvalue weighted by atomic mass is 9.99. The van der Waals surface area contributed by atoms with Crippen LogP contribution in [0.25, 0.3) is 11.3 Å². The molecule has 1 aliphatic heterocycles. The van der Waals surface area contributed by atoms with E-state index in [1.165, 1.54) is 23.1 Å². The molecule has 1 amide bonds. The Morgan fingerprint density at radius 1 is 1.14 bits per heavy atom. The van der Waals surface area contributed by atoms with Gasteiger partial charge in [-0.2, -0.15) is 28.8 Å². The van der Waals surface area contributed by atoms with E-state index in [-0.39, 0.29) is 46.2 Å². The van der Waals surface area contributed by atoms with Crippen LogP contribution < -0.4 is 0 Å². The highest BCUT2D eigenvalue weighted by molar-refractivity contribution is 6.30. The molecule has 2 aromatic carbocycles. The average molecular weight is 500 g/mol. The zero-order valence-electron chi connectivity index (χ0n) is 18.1. The van der Waals surface area contributed by atoms with Gasteiger partial charge in [-0.05, 0) is 41.5 Å². The van der Waals surface area contributed by atoms with Crippen molar-refractivity contribution in [3.63, 3.8) is 0 Å². The second kappa shape index (κ2) is 9.41. The zero-order chi connectivity index (χ0) is 25.3. The van der Waals surface area contributed by atoms with Gasteiger partial charge in [0.2, 0.25) is 0 Å². The minimum absolute atomic E-state index is 0.0473. The summed E-state index contributed by atoms with van der Waals surface area (Å²) in [5.74, 6) is -0.524. The van der Waals surface area contributed by atoms with Crippen molar-refractivity contribution in [2.24, 2.45) is 0 Å². The largest absolute Gasteiger partial charge is 0.392 e. The van der Waals surface area contributed by atoms with Crippen molar-refractivity contribution >= 4 is 17.5 Å². The summed E-state index contributed by atoms with van der Waals surface area (Å²) in [4.78, 5) is 14.6. The highest BCUT2D eigenvalue weighted by Crippen LogP contribution is 2.36. The van der Waals surface area contributed by atoms with Crippen LogP contribution in [0.1, 0.15) is 45.2 Å². The Labute approximate surface area is 203 Å². The predicted molar refractivity (Wildman–Crippen MR) is 119 cm³/mol. The zero-order valence-corrected chi connectivity index (χ0v) is 18.8. The number of carbonyl (C=O) groups is 1. The van der Waals surface area contributed by atoms with Crippen LogP contribution in [-0.4, -0.2) is 38.4 Å². The molecule has 1 unspecified atom stereocenters. The molecule has 1 aliphatic rings. The van der Waals surface area contributed by atoms with Gasteiger partial charge in [0.05, 0.1) is 48.0 Å². The lowest BCUT2D eigenvalue weighted by Crippen LogP contribution is -2.44. The summed E-state index contributed by atoms with van der Waals surface area (Å²) in [6.45, 7) is -0.672. The first kappa shape index (κ1) is 24.3. The van der Waals surface area contributed by atoms with E-state index < -0.39 is 31.2 Å². The van der Waals surface area contributed by atoms with Crippen LogP contribution >= 0.6 is 11.6 Å². The second-order valence-corrected chi connectivity index (χ2v) is 8.52. The Bertz CT molecular complexity index is 1370. The third-order valence-corrected chi connectivity index (χ3v) is 5.89. The van der Waals surface area contributed by atoms with Crippen molar-refractivity contribution in [2.45, 2.75) is 31.8 Å². The molecule has 3 aromatic rings. The van der Waals surface area contributed by atoms with E-state index in [9.17, 15) is 28.3 Å². The molecular formula is C24H17ClF3N5O2. The van der Waals surface area contributed by atoms with E-state index in [0.717, 1.165) is 4.68 Å². The number of hydrogen-bond donors (Lipinski definition) is 1. The summed E-state index contributed by atoms with van der Waals surface area (Å²) >= 11 is 6.01. The molecule has 35 heavy (non-hydrogen) atoms. The van der Waals surface area contributed by atoms with E-state index >= 15 is 0 Å². The SMILES string of the molecule is N#Cc1ccc(CN2CC(CC(F)(F)F)n3nc(-c4c(C#N)cc(Cl)cc4CO)cc3C2=O)cc1. The van der Waals surface area contributed by atoms with Gasteiger partial charge in [-0.15, -0.1) is 0 Å². The van der Waals surface area contributed by atoms with Gasteiger partial charge in [-0.25, -0.2) is 0 Å². The molecule has 0 saturated carbocycles. The van der Waals surface area contributed by atoms with Gasteiger partial charge in [0.25, 0.3) is 5.91 Å². The highest BCUT2D eigenvalue weighted by Gasteiger charge is 2.40. The maximum absolute atomic E-state index is 13.4. The van der Waals surface area contributed by atoms with Crippen LogP contribution in [-0.2, 0) is 13.2 Å². The van der Waals surface area contributed by atoms with E-state index in [1.54, 1.807) is 24.3 Å². The summed E-state index contributed by atoms with van der Waals surface area (Å²) in [6, 6.07) is 13.3. The number of benzene rings is 2. The van der Waals surface area contributed by atoms with Gasteiger partial charge in [0.15, 0.2) is 0 Å². The molecule has 11 heteroatoms. The molecule has 0 saturated heterocycles. The number of rotatable bonds is 5. The van der Waals surface area contributed by atoms with E-state index in [0.29, 0.717) is 11.1 Å². The fraction of sp³-hybridized carbons (Fsp3) is 0.250. The third kappa shape index (κ3) is 4.99. The van der Waals surface area contributed by atoms with Crippen molar-refractivity contribution in [2.75, 3.05) is 6.54 Å². The molecule has 0 bridgehead atoms. The number of nitrogens with zero attached hydrogens (tertiary/aromatic N) is 5. The molecule has 7 nitrogen and oxygen atoms in total. The average Bonchev–Trinajstić information content (AvgIpc) is 3.26. The van der Waals surface area contributed by atoms with Crippen molar-refractivity contribution < 1.29 is 23.1 Å². The monoisotopic (exact) mass is 499 g/mol. The number of aromatic nitrogens is 2. The quantitative estimate of drug-likeness (QED) is 0.552. The molecule has 4 rings (SSSR count). The number of nitriles is 2. The molecule has 0 radical (unpaired) electrons. The van der Waals surface area contributed by atoms with E-state index in [4.69, 9.17) is 16.9 Å². The molecule has 2 heterocycles. The van der Waals surface area contributed by atoms with Crippen molar-refractivity contribution in [1.29, 1.82) is 10.5 Å². The van der Waals surface area contributed by atoms with Crippen LogP contribution in [0.2, 0.25) is 5.02 Å². The Kier molecular flexibility index (Phi) is 6.53. The maximum atomic E-state index is 13.4. The van der Waals surface area contributed by atoms with Crippen LogP contribution in [0.4, 0.5) is 13.2 Å². The number of alkyl halides is 3. The van der Waals surface area contributed by atoms with Gasteiger partial charge in [-0.1, -0.05) is 23.7 Å². The van der Waals surface area contributed by atoms with Crippen LogP contribution in [0.3, 0.4) is 0 Å². The van der Waals surface area contributed by atoms with Gasteiger partial charge in [0, 0.05) is 23.7 Å². The first-order chi connectivity index (χ1) is 16.6. The Hall–Kier alpha value is -3.86. The summed E-state index contributed by atoms with van der Waals surface area (Å²) in [7, 11) is 0. The molecular weight excluding hydrogens is 483 g/mol. The first-order valence-corrected chi connectivity index (χ1v) is 10.8. The van der Waals surface area contributed by atoms with Crippen LogP contribution in [0.5, 0.6) is 0 Å². The Balaban J connectivity index is 1.78. The van der Waals surface area contributed by atoms with Gasteiger partial charge >= 0.3 is 6.18 Å². The fourth-order valence-electron chi connectivity index (χ4n) is 4.17. The molecule has 1 aromatic heterocycles. The number of halogens is 4. The lowest BCUT2D eigenvalue weighted by Gasteiger charge is -2.34. The summed E-state index contributed by atoms with van der Waals surface area (Å²) in [5, 5.41) is 32.8. The maximum Gasteiger partial charge on any atom is 0.391 e. The van der Waals surface area contributed by atoms with Crippen molar-refractivity contribution in [3.8, 4) is 23.4 Å². The van der Waals surface area contributed by atoms with Crippen LogP contribution in [0.15, 0.2) is 42.5 Å². The van der Waals surface area contributed by atoms with E-state index in [2.05, 4.69) is 5.10 Å². The van der Waals surface area contributed by atoms with E-state index in [1.807, 2.05) is 12.1 Å². The van der Waals surface area contributed by atoms with Gasteiger partial charge in [0.1, 0.15) is 5.69 Å². The minimum Gasteiger partial charge on any atom is -0.392 e. The van der Waals surface area contributed by atoms with Crippen LogP contribution in [0, 0.1) is 22.7 Å². The predicted octanol–water partition coefficient (Wildman–Crippen LogP) is 4.59. The van der Waals surface area contributed by atoms with Crippen molar-refractivity contribution in [3.05, 3.63) is 75.4 Å². The molecule has 1 atom stereocenters. The Morgan fingerprint density at radius 3 is 2.46 bits per heavy atom. The Morgan fingerprint density at radius 2 is 1.86 bits per heavy atom.